The molecule has 1 heterocycles. The summed E-state index contributed by atoms with van der Waals surface area (Å²) in [5.41, 5.74) is -1.08. The molecule has 2 aromatic rings. The Morgan fingerprint density at radius 3 is 2.65 bits per heavy atom. The number of aromatic amines is 1. The smallest absolute Gasteiger partial charge is 0.341 e. The van der Waals surface area contributed by atoms with Gasteiger partial charge in [-0.25, -0.2) is 9.59 Å². The largest absolute Gasteiger partial charge is 0.507 e. The molecule has 0 saturated heterocycles. The lowest BCUT2D eigenvalue weighted by Gasteiger charge is -2.08. The summed E-state index contributed by atoms with van der Waals surface area (Å²) in [7, 11) is 1.18. The Balaban J connectivity index is 2.11. The summed E-state index contributed by atoms with van der Waals surface area (Å²) in [6.07, 6.45) is 1.19. The molecule has 1 aromatic heterocycles. The van der Waals surface area contributed by atoms with Crippen molar-refractivity contribution in [1.29, 1.82) is 0 Å². The van der Waals surface area contributed by atoms with E-state index in [0.717, 1.165) is 10.6 Å². The number of carbonyl (C=O) groups excluding carboxylic acids is 2. The number of amides is 1. The minimum atomic E-state index is -0.712. The molecule has 0 fully saturated rings. The van der Waals surface area contributed by atoms with Gasteiger partial charge in [-0.2, -0.15) is 0 Å². The fourth-order valence-electron chi connectivity index (χ4n) is 1.82. The summed E-state index contributed by atoms with van der Waals surface area (Å²) in [6.45, 7) is -0.324. The van der Waals surface area contributed by atoms with E-state index in [1.807, 2.05) is 4.98 Å². The fraction of sp³-hybridized carbons (Fsp3) is 0.143. The molecule has 3 N–H and O–H groups in total. The van der Waals surface area contributed by atoms with Crippen LogP contribution in [-0.4, -0.2) is 33.6 Å². The number of hydrogen-bond donors (Lipinski definition) is 3. The minimum absolute atomic E-state index is 0.0395. The quantitative estimate of drug-likeness (QED) is 0.661. The number of anilines is 1. The Hall–Kier alpha value is -3.36. The standard InChI is InChI=1S/C14H13N3O6/c1-23-13(21)9-3-2-8(6-10(9)18)15-12(20)7-17-5-4-11(19)16-14(17)22/h2-6,18H,7H2,1H3,(H,15,20)(H,16,19,22). The summed E-state index contributed by atoms with van der Waals surface area (Å²) in [5.74, 6) is -1.61. The molecule has 23 heavy (non-hydrogen) atoms. The van der Waals surface area contributed by atoms with Crippen molar-refractivity contribution in [1.82, 2.24) is 9.55 Å². The molecule has 1 amide bonds. The number of ether oxygens (including phenoxy) is 1. The van der Waals surface area contributed by atoms with Gasteiger partial charge in [0, 0.05) is 24.0 Å². The molecular weight excluding hydrogens is 306 g/mol. The Bertz CT molecular complexity index is 867. The van der Waals surface area contributed by atoms with Crippen LogP contribution in [0.4, 0.5) is 5.69 Å². The van der Waals surface area contributed by atoms with E-state index in [1.165, 1.54) is 31.5 Å². The van der Waals surface area contributed by atoms with Crippen LogP contribution in [0.2, 0.25) is 0 Å². The van der Waals surface area contributed by atoms with Gasteiger partial charge in [-0.1, -0.05) is 0 Å². The number of methoxy groups -OCH3 is 1. The Morgan fingerprint density at radius 2 is 2.04 bits per heavy atom. The number of nitrogens with one attached hydrogen (secondary N) is 2. The van der Waals surface area contributed by atoms with Crippen LogP contribution in [0.1, 0.15) is 10.4 Å². The molecule has 0 saturated carbocycles. The maximum Gasteiger partial charge on any atom is 0.341 e. The highest BCUT2D eigenvalue weighted by molar-refractivity contribution is 5.95. The number of esters is 1. The SMILES string of the molecule is COC(=O)c1ccc(NC(=O)Cn2ccc(=O)[nH]c2=O)cc1O. The van der Waals surface area contributed by atoms with E-state index in [1.54, 1.807) is 0 Å². The third kappa shape index (κ3) is 3.84. The van der Waals surface area contributed by atoms with Crippen LogP contribution in [-0.2, 0) is 16.1 Å². The zero-order chi connectivity index (χ0) is 17.0. The third-order valence-corrected chi connectivity index (χ3v) is 2.90. The van der Waals surface area contributed by atoms with Crippen molar-refractivity contribution >= 4 is 17.6 Å². The lowest BCUT2D eigenvalue weighted by molar-refractivity contribution is -0.116. The summed E-state index contributed by atoms with van der Waals surface area (Å²) in [4.78, 5) is 47.6. The molecule has 0 atom stereocenters. The normalized spacial score (nSPS) is 10.1. The van der Waals surface area contributed by atoms with Crippen LogP contribution in [0.5, 0.6) is 5.75 Å². The highest BCUT2D eigenvalue weighted by Crippen LogP contribution is 2.22. The Morgan fingerprint density at radius 1 is 1.30 bits per heavy atom. The Labute approximate surface area is 129 Å². The van der Waals surface area contributed by atoms with Crippen LogP contribution in [0.3, 0.4) is 0 Å². The molecule has 9 heteroatoms. The van der Waals surface area contributed by atoms with Crippen LogP contribution in [0, 0.1) is 0 Å². The summed E-state index contributed by atoms with van der Waals surface area (Å²) >= 11 is 0. The molecule has 0 radical (unpaired) electrons. The lowest BCUT2D eigenvalue weighted by atomic mass is 10.2. The number of hydrogen-bond acceptors (Lipinski definition) is 6. The van der Waals surface area contributed by atoms with Crippen LogP contribution >= 0.6 is 0 Å². The molecule has 0 aliphatic rings. The number of rotatable bonds is 4. The van der Waals surface area contributed by atoms with Crippen molar-refractivity contribution in [2.45, 2.75) is 6.54 Å². The first-order chi connectivity index (χ1) is 10.9. The highest BCUT2D eigenvalue weighted by Gasteiger charge is 2.13. The predicted octanol–water partition coefficient (Wildman–Crippen LogP) is -0.332. The van der Waals surface area contributed by atoms with Crippen molar-refractivity contribution in [3.05, 3.63) is 56.9 Å². The zero-order valence-electron chi connectivity index (χ0n) is 12.0. The van der Waals surface area contributed by atoms with E-state index in [-0.39, 0.29) is 23.5 Å². The van der Waals surface area contributed by atoms with Gasteiger partial charge in [-0.05, 0) is 12.1 Å². The van der Waals surface area contributed by atoms with Gasteiger partial charge in [0.1, 0.15) is 17.9 Å². The molecule has 0 unspecified atom stereocenters. The zero-order valence-corrected chi connectivity index (χ0v) is 12.0. The molecule has 0 aliphatic carbocycles. The topological polar surface area (TPSA) is 130 Å². The first-order valence-corrected chi connectivity index (χ1v) is 6.41. The number of aromatic hydroxyl groups is 1. The molecule has 0 spiro atoms. The number of phenolic OH excluding ortho intramolecular Hbond substituents is 1. The first kappa shape index (κ1) is 16.0. The molecular formula is C14H13N3O6. The number of nitrogens with zero attached hydrogens (tertiary/aromatic N) is 1. The van der Waals surface area contributed by atoms with Gasteiger partial charge in [0.25, 0.3) is 5.56 Å². The molecule has 120 valence electrons. The van der Waals surface area contributed by atoms with Crippen LogP contribution < -0.4 is 16.6 Å². The maximum atomic E-state index is 11.9. The van der Waals surface area contributed by atoms with Gasteiger partial charge in [-0.15, -0.1) is 0 Å². The van der Waals surface area contributed by atoms with Gasteiger partial charge in [0.15, 0.2) is 0 Å². The van der Waals surface area contributed by atoms with Gasteiger partial charge >= 0.3 is 11.7 Å². The van der Waals surface area contributed by atoms with Crippen molar-refractivity contribution in [3.63, 3.8) is 0 Å². The van der Waals surface area contributed by atoms with Crippen molar-refractivity contribution in [3.8, 4) is 5.75 Å². The van der Waals surface area contributed by atoms with E-state index < -0.39 is 23.1 Å². The van der Waals surface area contributed by atoms with Gasteiger partial charge in [0.2, 0.25) is 5.91 Å². The van der Waals surface area contributed by atoms with Gasteiger partial charge in [0.05, 0.1) is 7.11 Å². The molecule has 2 rings (SSSR count). The lowest BCUT2D eigenvalue weighted by Crippen LogP contribution is -2.32. The number of benzene rings is 1. The number of aromatic nitrogens is 2. The van der Waals surface area contributed by atoms with Gasteiger partial charge in [-0.3, -0.25) is 19.1 Å². The minimum Gasteiger partial charge on any atom is -0.507 e. The van der Waals surface area contributed by atoms with E-state index >= 15 is 0 Å². The summed E-state index contributed by atoms with van der Waals surface area (Å²) < 4.78 is 5.50. The van der Waals surface area contributed by atoms with Crippen LogP contribution in [0.15, 0.2) is 40.1 Å². The highest BCUT2D eigenvalue weighted by atomic mass is 16.5. The average Bonchev–Trinajstić information content (AvgIpc) is 2.49. The molecule has 0 aliphatic heterocycles. The molecule has 9 nitrogen and oxygen atoms in total. The average molecular weight is 319 g/mol. The number of H-pyrrole nitrogens is 1. The number of phenols is 1. The molecule has 0 bridgehead atoms. The van der Waals surface area contributed by atoms with E-state index in [0.29, 0.717) is 0 Å². The van der Waals surface area contributed by atoms with Crippen LogP contribution in [0.25, 0.3) is 0 Å². The van der Waals surface area contributed by atoms with Crippen molar-refractivity contribution in [2.24, 2.45) is 0 Å². The van der Waals surface area contributed by atoms with Crippen molar-refractivity contribution < 1.29 is 19.4 Å². The third-order valence-electron chi connectivity index (χ3n) is 2.90. The van der Waals surface area contributed by atoms with Crippen molar-refractivity contribution in [2.75, 3.05) is 12.4 Å². The maximum absolute atomic E-state index is 11.9. The van der Waals surface area contributed by atoms with E-state index in [4.69, 9.17) is 0 Å². The monoisotopic (exact) mass is 319 g/mol. The van der Waals surface area contributed by atoms with E-state index in [2.05, 4.69) is 10.1 Å². The summed E-state index contributed by atoms with van der Waals surface area (Å²) in [5, 5.41) is 12.2. The second-order valence-corrected chi connectivity index (χ2v) is 4.51. The van der Waals surface area contributed by atoms with Gasteiger partial charge < -0.3 is 15.2 Å². The first-order valence-electron chi connectivity index (χ1n) is 6.41. The second-order valence-electron chi connectivity index (χ2n) is 4.51. The fourth-order valence-corrected chi connectivity index (χ4v) is 1.82. The predicted molar refractivity (Wildman–Crippen MR) is 79.4 cm³/mol. The number of carbonyl (C=O) groups is 2. The second kappa shape index (κ2) is 6.60. The Kier molecular flexibility index (Phi) is 4.60. The summed E-state index contributed by atoms with van der Waals surface area (Å²) in [6, 6.07) is 4.99. The van der Waals surface area contributed by atoms with E-state index in [9.17, 15) is 24.3 Å². The molecule has 1 aromatic carbocycles.